The van der Waals surface area contributed by atoms with Crippen molar-refractivity contribution in [2.45, 2.75) is 6.92 Å². The Morgan fingerprint density at radius 3 is 2.75 bits per heavy atom. The molecular weight excluding hydrogens is 259 g/mol. The van der Waals surface area contributed by atoms with Gasteiger partial charge in [-0.1, -0.05) is 12.1 Å². The number of anilines is 2. The highest BCUT2D eigenvalue weighted by atomic mass is 19.1. The molecule has 20 heavy (non-hydrogen) atoms. The monoisotopic (exact) mass is 274 g/mol. The fourth-order valence-electron chi connectivity index (χ4n) is 1.76. The van der Waals surface area contributed by atoms with Crippen molar-refractivity contribution in [3.63, 3.8) is 0 Å². The van der Waals surface area contributed by atoms with E-state index in [2.05, 4.69) is 5.32 Å². The molecule has 0 aliphatic carbocycles. The summed E-state index contributed by atoms with van der Waals surface area (Å²) < 4.78 is 19.0. The number of hydrogen-bond acceptors (Lipinski definition) is 3. The van der Waals surface area contributed by atoms with Crippen molar-refractivity contribution in [3.8, 4) is 5.75 Å². The number of ether oxygens (including phenoxy) is 1. The maximum atomic E-state index is 13.6. The first-order valence-corrected chi connectivity index (χ1v) is 6.20. The molecule has 4 nitrogen and oxygen atoms in total. The lowest BCUT2D eigenvalue weighted by Gasteiger charge is -2.11. The van der Waals surface area contributed by atoms with Crippen LogP contribution in [0.1, 0.15) is 17.3 Å². The Balaban J connectivity index is 2.24. The molecule has 2 aromatic rings. The normalized spacial score (nSPS) is 10.1. The van der Waals surface area contributed by atoms with Crippen molar-refractivity contribution in [1.29, 1.82) is 0 Å². The van der Waals surface area contributed by atoms with Gasteiger partial charge in [0.15, 0.2) is 0 Å². The number of rotatable bonds is 4. The van der Waals surface area contributed by atoms with Crippen LogP contribution in [0, 0.1) is 5.82 Å². The predicted molar refractivity (Wildman–Crippen MR) is 76.4 cm³/mol. The average Bonchev–Trinajstić information content (AvgIpc) is 2.43. The molecule has 0 aliphatic rings. The van der Waals surface area contributed by atoms with Gasteiger partial charge in [0.25, 0.3) is 5.91 Å². The Labute approximate surface area is 116 Å². The molecule has 0 saturated heterocycles. The van der Waals surface area contributed by atoms with E-state index in [4.69, 9.17) is 10.5 Å². The second kappa shape index (κ2) is 6.06. The summed E-state index contributed by atoms with van der Waals surface area (Å²) >= 11 is 0. The van der Waals surface area contributed by atoms with Gasteiger partial charge in [-0.3, -0.25) is 4.79 Å². The Hall–Kier alpha value is -2.56. The third-order valence-corrected chi connectivity index (χ3v) is 2.67. The molecule has 2 rings (SSSR count). The topological polar surface area (TPSA) is 64.3 Å². The molecule has 0 aromatic heterocycles. The van der Waals surface area contributed by atoms with Gasteiger partial charge in [0, 0.05) is 5.69 Å². The van der Waals surface area contributed by atoms with E-state index in [9.17, 15) is 9.18 Å². The molecule has 0 heterocycles. The van der Waals surface area contributed by atoms with E-state index in [0.717, 1.165) is 6.07 Å². The minimum Gasteiger partial charge on any atom is -0.493 e. The number of nitrogens with one attached hydrogen (secondary N) is 1. The number of carbonyl (C=O) groups excluding carboxylic acids is 1. The molecule has 104 valence electrons. The number of para-hydroxylation sites is 1. The molecule has 0 unspecified atom stereocenters. The lowest BCUT2D eigenvalue weighted by molar-refractivity contribution is 0.102. The van der Waals surface area contributed by atoms with Gasteiger partial charge in [0.2, 0.25) is 0 Å². The van der Waals surface area contributed by atoms with Crippen LogP contribution >= 0.6 is 0 Å². The minimum absolute atomic E-state index is 0.0792. The van der Waals surface area contributed by atoms with Crippen molar-refractivity contribution in [1.82, 2.24) is 0 Å². The fourth-order valence-corrected chi connectivity index (χ4v) is 1.76. The molecule has 0 atom stereocenters. The second-order valence-corrected chi connectivity index (χ2v) is 4.12. The summed E-state index contributed by atoms with van der Waals surface area (Å²) in [6.07, 6.45) is 0. The molecule has 1 amide bonds. The predicted octanol–water partition coefficient (Wildman–Crippen LogP) is 3.06. The fraction of sp³-hybridized carbons (Fsp3) is 0.133. The zero-order valence-electron chi connectivity index (χ0n) is 11.0. The van der Waals surface area contributed by atoms with Crippen LogP contribution < -0.4 is 15.8 Å². The van der Waals surface area contributed by atoms with E-state index in [1.807, 2.05) is 6.92 Å². The number of nitrogens with two attached hydrogens (primary N) is 1. The van der Waals surface area contributed by atoms with Crippen LogP contribution in [0.3, 0.4) is 0 Å². The Morgan fingerprint density at radius 1 is 1.30 bits per heavy atom. The van der Waals surface area contributed by atoms with Gasteiger partial charge < -0.3 is 15.8 Å². The van der Waals surface area contributed by atoms with E-state index >= 15 is 0 Å². The molecule has 0 bridgehead atoms. The highest BCUT2D eigenvalue weighted by Gasteiger charge is 2.13. The number of amides is 1. The summed E-state index contributed by atoms with van der Waals surface area (Å²) in [4.78, 5) is 12.2. The van der Waals surface area contributed by atoms with Crippen LogP contribution in [0.5, 0.6) is 5.75 Å². The molecule has 0 fully saturated rings. The summed E-state index contributed by atoms with van der Waals surface area (Å²) in [6.45, 7) is 2.27. The first-order chi connectivity index (χ1) is 9.61. The van der Waals surface area contributed by atoms with Gasteiger partial charge in [0.1, 0.15) is 11.6 Å². The Morgan fingerprint density at radius 2 is 2.05 bits per heavy atom. The summed E-state index contributed by atoms with van der Waals surface area (Å²) in [6, 6.07) is 10.9. The standard InChI is InChI=1S/C15H15FN2O2/c1-2-20-14-6-4-3-5-11(14)15(19)18-13-8-7-10(17)9-12(13)16/h3-9H,2,17H2,1H3,(H,18,19). The Kier molecular flexibility index (Phi) is 4.20. The van der Waals surface area contributed by atoms with E-state index in [1.54, 1.807) is 24.3 Å². The van der Waals surface area contributed by atoms with E-state index in [-0.39, 0.29) is 5.69 Å². The first kappa shape index (κ1) is 13.9. The quantitative estimate of drug-likeness (QED) is 0.842. The van der Waals surface area contributed by atoms with Crippen molar-refractivity contribution >= 4 is 17.3 Å². The third kappa shape index (κ3) is 3.06. The lowest BCUT2D eigenvalue weighted by Crippen LogP contribution is -2.14. The largest absolute Gasteiger partial charge is 0.493 e. The van der Waals surface area contributed by atoms with Crippen LogP contribution in [0.4, 0.5) is 15.8 Å². The second-order valence-electron chi connectivity index (χ2n) is 4.12. The maximum Gasteiger partial charge on any atom is 0.259 e. The highest BCUT2D eigenvalue weighted by Crippen LogP contribution is 2.22. The Bertz CT molecular complexity index is 629. The van der Waals surface area contributed by atoms with E-state index in [1.165, 1.54) is 12.1 Å². The molecule has 0 aliphatic heterocycles. The zero-order valence-corrected chi connectivity index (χ0v) is 11.0. The summed E-state index contributed by atoms with van der Waals surface area (Å²) in [5.41, 5.74) is 6.19. The SMILES string of the molecule is CCOc1ccccc1C(=O)Nc1ccc(N)cc1F. The zero-order chi connectivity index (χ0) is 14.5. The molecular formula is C15H15FN2O2. The average molecular weight is 274 g/mol. The van der Waals surface area contributed by atoms with Gasteiger partial charge in [-0.25, -0.2) is 4.39 Å². The van der Waals surface area contributed by atoms with Crippen molar-refractivity contribution < 1.29 is 13.9 Å². The van der Waals surface area contributed by atoms with Crippen molar-refractivity contribution in [2.24, 2.45) is 0 Å². The van der Waals surface area contributed by atoms with Gasteiger partial charge in [-0.2, -0.15) is 0 Å². The van der Waals surface area contributed by atoms with Crippen LogP contribution in [0.2, 0.25) is 0 Å². The van der Waals surface area contributed by atoms with Crippen molar-refractivity contribution in [3.05, 3.63) is 53.8 Å². The minimum atomic E-state index is -0.577. The molecule has 0 spiro atoms. The van der Waals surface area contributed by atoms with E-state index in [0.29, 0.717) is 23.6 Å². The summed E-state index contributed by atoms with van der Waals surface area (Å²) in [5, 5.41) is 2.50. The number of carbonyl (C=O) groups is 1. The van der Waals surface area contributed by atoms with Gasteiger partial charge >= 0.3 is 0 Å². The summed E-state index contributed by atoms with van der Waals surface area (Å²) in [5.74, 6) is -0.548. The van der Waals surface area contributed by atoms with Crippen LogP contribution in [-0.4, -0.2) is 12.5 Å². The maximum absolute atomic E-state index is 13.6. The van der Waals surface area contributed by atoms with E-state index < -0.39 is 11.7 Å². The third-order valence-electron chi connectivity index (χ3n) is 2.67. The first-order valence-electron chi connectivity index (χ1n) is 6.20. The number of nitrogen functional groups attached to an aromatic ring is 1. The van der Waals surface area contributed by atoms with Gasteiger partial charge in [0.05, 0.1) is 17.9 Å². The number of benzene rings is 2. The molecule has 5 heteroatoms. The molecule has 2 aromatic carbocycles. The van der Waals surface area contributed by atoms with Gasteiger partial charge in [-0.15, -0.1) is 0 Å². The highest BCUT2D eigenvalue weighted by molar-refractivity contribution is 6.06. The smallest absolute Gasteiger partial charge is 0.259 e. The number of hydrogen-bond donors (Lipinski definition) is 2. The molecule has 0 radical (unpaired) electrons. The lowest BCUT2D eigenvalue weighted by atomic mass is 10.1. The van der Waals surface area contributed by atoms with Crippen LogP contribution in [0.15, 0.2) is 42.5 Å². The molecule has 0 saturated carbocycles. The van der Waals surface area contributed by atoms with Crippen molar-refractivity contribution in [2.75, 3.05) is 17.7 Å². The van der Waals surface area contributed by atoms with Gasteiger partial charge in [-0.05, 0) is 37.3 Å². The van der Waals surface area contributed by atoms with Crippen LogP contribution in [0.25, 0.3) is 0 Å². The van der Waals surface area contributed by atoms with Crippen LogP contribution in [-0.2, 0) is 0 Å². The molecule has 3 N–H and O–H groups in total. The summed E-state index contributed by atoms with van der Waals surface area (Å²) in [7, 11) is 0. The number of halogens is 1.